The highest BCUT2D eigenvalue weighted by atomic mass is 16.2. The van der Waals surface area contributed by atoms with Gasteiger partial charge in [-0.1, -0.05) is 6.07 Å². The smallest absolute Gasteiger partial charge is 0.243 e. The number of benzene rings is 1. The van der Waals surface area contributed by atoms with E-state index in [4.69, 9.17) is 0 Å². The molecule has 0 bridgehead atoms. The van der Waals surface area contributed by atoms with Gasteiger partial charge in [-0.2, -0.15) is 0 Å². The van der Waals surface area contributed by atoms with Crippen molar-refractivity contribution in [2.24, 2.45) is 0 Å². The van der Waals surface area contributed by atoms with Crippen LogP contribution in [0.3, 0.4) is 0 Å². The van der Waals surface area contributed by atoms with Crippen LogP contribution >= 0.6 is 0 Å². The van der Waals surface area contributed by atoms with Crippen molar-refractivity contribution in [3.05, 3.63) is 29.3 Å². The highest BCUT2D eigenvalue weighted by Crippen LogP contribution is 2.16. The Kier molecular flexibility index (Phi) is 7.04. The summed E-state index contributed by atoms with van der Waals surface area (Å²) in [6, 6.07) is 4.81. The van der Waals surface area contributed by atoms with E-state index in [1.807, 2.05) is 36.9 Å². The van der Waals surface area contributed by atoms with E-state index in [1.54, 1.807) is 4.90 Å². The molecule has 1 aromatic rings. The second-order valence-electron chi connectivity index (χ2n) is 7.86. The number of anilines is 1. The highest BCUT2D eigenvalue weighted by Gasteiger charge is 2.35. The van der Waals surface area contributed by atoms with Crippen molar-refractivity contribution in [3.63, 3.8) is 0 Å². The zero-order valence-electron chi connectivity index (χ0n) is 17.5. The summed E-state index contributed by atoms with van der Waals surface area (Å²) >= 11 is 0. The molecule has 0 saturated carbocycles. The van der Waals surface area contributed by atoms with E-state index < -0.39 is 6.04 Å². The molecule has 2 aliphatic rings. The average molecular weight is 415 g/mol. The Balaban J connectivity index is 1.60. The molecule has 9 heteroatoms. The Morgan fingerprint density at radius 1 is 1.13 bits per heavy atom. The van der Waals surface area contributed by atoms with Crippen molar-refractivity contribution in [3.8, 4) is 0 Å². The van der Waals surface area contributed by atoms with E-state index >= 15 is 0 Å². The summed E-state index contributed by atoms with van der Waals surface area (Å²) < 4.78 is 0. The van der Waals surface area contributed by atoms with E-state index in [2.05, 4.69) is 10.6 Å². The van der Waals surface area contributed by atoms with Gasteiger partial charge in [0.1, 0.15) is 6.04 Å². The van der Waals surface area contributed by atoms with Crippen LogP contribution in [0.4, 0.5) is 5.69 Å². The maximum atomic E-state index is 12.9. The number of hydrogen-bond donors (Lipinski definition) is 2. The molecule has 1 atom stereocenters. The van der Waals surface area contributed by atoms with E-state index in [0.29, 0.717) is 45.0 Å². The molecule has 2 fully saturated rings. The minimum absolute atomic E-state index is 0.0938. The monoisotopic (exact) mass is 415 g/mol. The molecule has 0 aliphatic carbocycles. The molecule has 2 heterocycles. The van der Waals surface area contributed by atoms with Gasteiger partial charge in [0.05, 0.1) is 13.0 Å². The maximum Gasteiger partial charge on any atom is 0.243 e. The third-order valence-electron chi connectivity index (χ3n) is 5.74. The first kappa shape index (κ1) is 21.8. The number of carbonyl (C=O) groups excluding carboxylic acids is 4. The van der Waals surface area contributed by atoms with Crippen LogP contribution in [0.5, 0.6) is 0 Å². The summed E-state index contributed by atoms with van der Waals surface area (Å²) in [5.74, 6) is -0.790. The SMILES string of the molecule is Cc1ccc(NC(=O)C[C@@H]2C(=O)NCCN2C(=O)CN2CCN(C=O)CC2)cc1C. The van der Waals surface area contributed by atoms with Crippen molar-refractivity contribution in [1.82, 2.24) is 20.0 Å². The molecular weight excluding hydrogens is 386 g/mol. The Bertz CT molecular complexity index is 820. The fourth-order valence-electron chi connectivity index (χ4n) is 3.73. The van der Waals surface area contributed by atoms with Gasteiger partial charge in [-0.3, -0.25) is 24.1 Å². The minimum Gasteiger partial charge on any atom is -0.353 e. The van der Waals surface area contributed by atoms with Crippen LogP contribution in [0.15, 0.2) is 18.2 Å². The Morgan fingerprint density at radius 2 is 1.87 bits per heavy atom. The van der Waals surface area contributed by atoms with E-state index in [9.17, 15) is 19.2 Å². The molecule has 4 amide bonds. The lowest BCUT2D eigenvalue weighted by Crippen LogP contribution is -2.60. The predicted octanol–water partition coefficient (Wildman–Crippen LogP) is -0.267. The zero-order valence-corrected chi connectivity index (χ0v) is 17.5. The molecule has 30 heavy (non-hydrogen) atoms. The number of piperazine rings is 2. The van der Waals surface area contributed by atoms with Gasteiger partial charge in [-0.25, -0.2) is 0 Å². The summed E-state index contributed by atoms with van der Waals surface area (Å²) in [6.45, 7) is 7.28. The van der Waals surface area contributed by atoms with Gasteiger partial charge in [0.2, 0.25) is 24.1 Å². The second-order valence-corrected chi connectivity index (χ2v) is 7.86. The van der Waals surface area contributed by atoms with Crippen LogP contribution in [0, 0.1) is 13.8 Å². The Labute approximate surface area is 176 Å². The third-order valence-corrected chi connectivity index (χ3v) is 5.74. The standard InChI is InChI=1S/C21H29N5O4/c1-15-3-4-17(11-16(15)2)23-19(28)12-18-21(30)22-5-6-26(18)20(29)13-24-7-9-25(14-27)10-8-24/h3-4,11,14,18H,5-10,12-13H2,1-2H3,(H,22,30)(H,23,28)/t18-/m1/s1. The number of amides is 4. The van der Waals surface area contributed by atoms with Gasteiger partial charge in [-0.05, 0) is 37.1 Å². The number of hydrogen-bond acceptors (Lipinski definition) is 5. The first-order chi connectivity index (χ1) is 14.4. The van der Waals surface area contributed by atoms with Crippen molar-refractivity contribution < 1.29 is 19.2 Å². The van der Waals surface area contributed by atoms with Crippen LogP contribution < -0.4 is 10.6 Å². The van der Waals surface area contributed by atoms with Crippen molar-refractivity contribution in [2.45, 2.75) is 26.3 Å². The zero-order chi connectivity index (χ0) is 21.7. The number of rotatable bonds is 6. The predicted molar refractivity (Wildman–Crippen MR) is 112 cm³/mol. The van der Waals surface area contributed by atoms with Crippen LogP contribution in [-0.4, -0.2) is 90.7 Å². The first-order valence-electron chi connectivity index (χ1n) is 10.2. The van der Waals surface area contributed by atoms with E-state index in [0.717, 1.165) is 17.5 Å². The molecule has 0 radical (unpaired) electrons. The Hall–Kier alpha value is -2.94. The van der Waals surface area contributed by atoms with Crippen molar-refractivity contribution in [2.75, 3.05) is 51.1 Å². The maximum absolute atomic E-state index is 12.9. The fraction of sp³-hybridized carbons (Fsp3) is 0.524. The van der Waals surface area contributed by atoms with Gasteiger partial charge >= 0.3 is 0 Å². The van der Waals surface area contributed by atoms with Gasteiger partial charge in [0.25, 0.3) is 0 Å². The van der Waals surface area contributed by atoms with Crippen molar-refractivity contribution >= 4 is 29.8 Å². The van der Waals surface area contributed by atoms with Crippen LogP contribution in [-0.2, 0) is 19.2 Å². The molecule has 3 rings (SSSR count). The molecule has 162 valence electrons. The summed E-state index contributed by atoms with van der Waals surface area (Å²) in [5, 5.41) is 5.57. The molecule has 0 unspecified atom stereocenters. The van der Waals surface area contributed by atoms with Gasteiger partial charge in [0, 0.05) is 45.0 Å². The molecule has 2 N–H and O–H groups in total. The number of nitrogens with one attached hydrogen (secondary N) is 2. The Morgan fingerprint density at radius 3 is 2.53 bits per heavy atom. The lowest BCUT2D eigenvalue weighted by molar-refractivity contribution is -0.145. The normalized spacial score (nSPS) is 19.9. The lowest BCUT2D eigenvalue weighted by atomic mass is 10.1. The van der Waals surface area contributed by atoms with Gasteiger partial charge < -0.3 is 20.4 Å². The second kappa shape index (κ2) is 9.71. The molecule has 2 saturated heterocycles. The first-order valence-corrected chi connectivity index (χ1v) is 10.2. The summed E-state index contributed by atoms with van der Waals surface area (Å²) in [6.07, 6.45) is 0.724. The topological polar surface area (TPSA) is 102 Å². The van der Waals surface area contributed by atoms with Crippen LogP contribution in [0.1, 0.15) is 17.5 Å². The van der Waals surface area contributed by atoms with Gasteiger partial charge in [0.15, 0.2) is 0 Å². The lowest BCUT2D eigenvalue weighted by Gasteiger charge is -2.37. The fourth-order valence-corrected chi connectivity index (χ4v) is 3.73. The van der Waals surface area contributed by atoms with Gasteiger partial charge in [-0.15, -0.1) is 0 Å². The largest absolute Gasteiger partial charge is 0.353 e. The third kappa shape index (κ3) is 5.35. The number of carbonyl (C=O) groups is 4. The molecule has 1 aromatic carbocycles. The summed E-state index contributed by atoms with van der Waals surface area (Å²) in [7, 11) is 0. The van der Waals surface area contributed by atoms with Crippen LogP contribution in [0.2, 0.25) is 0 Å². The number of nitrogens with zero attached hydrogens (tertiary/aromatic N) is 3. The molecule has 0 aromatic heterocycles. The average Bonchev–Trinajstić information content (AvgIpc) is 2.72. The summed E-state index contributed by atoms with van der Waals surface area (Å²) in [4.78, 5) is 53.9. The quantitative estimate of drug-likeness (QED) is 0.623. The molecule has 0 spiro atoms. The van der Waals surface area contributed by atoms with Crippen LogP contribution in [0.25, 0.3) is 0 Å². The molecule has 9 nitrogen and oxygen atoms in total. The van der Waals surface area contributed by atoms with Crippen molar-refractivity contribution in [1.29, 1.82) is 0 Å². The van der Waals surface area contributed by atoms with E-state index in [-0.39, 0.29) is 30.7 Å². The number of aryl methyl sites for hydroxylation is 2. The minimum atomic E-state index is -0.825. The highest BCUT2D eigenvalue weighted by molar-refractivity contribution is 5.97. The molecule has 2 aliphatic heterocycles. The van der Waals surface area contributed by atoms with E-state index in [1.165, 1.54) is 4.90 Å². The molecular formula is C21H29N5O4. The summed E-state index contributed by atoms with van der Waals surface area (Å²) in [5.41, 5.74) is 2.87.